The molecule has 0 bridgehead atoms. The maximum atomic E-state index is 12.6. The molecule has 8 heteroatoms. The lowest BCUT2D eigenvalue weighted by atomic mass is 10.1. The van der Waals surface area contributed by atoms with Gasteiger partial charge < -0.3 is 19.7 Å². The Balaban J connectivity index is 1.39. The molecular weight excluding hydrogens is 376 g/mol. The van der Waals surface area contributed by atoms with E-state index in [1.54, 1.807) is 43.8 Å². The van der Waals surface area contributed by atoms with E-state index in [0.29, 0.717) is 17.1 Å². The normalized spacial score (nSPS) is 16.2. The van der Waals surface area contributed by atoms with Crippen molar-refractivity contribution in [2.24, 2.45) is 0 Å². The van der Waals surface area contributed by atoms with Crippen molar-refractivity contribution in [3.05, 3.63) is 47.3 Å². The molecular formula is C20H22N4O3S. The third-order valence-corrected chi connectivity index (χ3v) is 5.75. The number of carbonyl (C=O) groups excluding carboxylic acids is 1. The second kappa shape index (κ2) is 7.93. The van der Waals surface area contributed by atoms with Crippen molar-refractivity contribution in [3.8, 4) is 22.1 Å². The number of hydrogen-bond donors (Lipinski definition) is 2. The van der Waals surface area contributed by atoms with Gasteiger partial charge in [0, 0.05) is 30.8 Å². The summed E-state index contributed by atoms with van der Waals surface area (Å²) in [5.41, 5.74) is 1.57. The zero-order chi connectivity index (χ0) is 19.5. The number of carbonyl (C=O) groups is 1. The Bertz CT molecular complexity index is 954. The first kappa shape index (κ1) is 18.4. The van der Waals surface area contributed by atoms with Crippen LogP contribution in [0.3, 0.4) is 0 Å². The van der Waals surface area contributed by atoms with Crippen molar-refractivity contribution < 1.29 is 14.3 Å². The van der Waals surface area contributed by atoms with Crippen LogP contribution in [0.4, 0.5) is 5.82 Å². The molecule has 4 rings (SSSR count). The standard InChI is InChI=1S/C20H22N4O3S/c1-26-16-6-5-13(10-17(16)27-2)20(25)21-14-7-8-24(12-14)19-11-15(22-23-19)18-4-3-9-28-18/h3-6,9-11,14H,7-8,12H2,1-2H3,(H,21,25)(H,22,23). The Morgan fingerprint density at radius 1 is 1.25 bits per heavy atom. The Kier molecular flexibility index (Phi) is 5.21. The highest BCUT2D eigenvalue weighted by molar-refractivity contribution is 7.13. The van der Waals surface area contributed by atoms with Crippen molar-refractivity contribution in [1.82, 2.24) is 15.5 Å². The summed E-state index contributed by atoms with van der Waals surface area (Å²) in [6.45, 7) is 1.58. The molecule has 0 saturated carbocycles. The van der Waals surface area contributed by atoms with Gasteiger partial charge in [-0.15, -0.1) is 11.3 Å². The average Bonchev–Trinajstić information content (AvgIpc) is 3.47. The van der Waals surface area contributed by atoms with Crippen molar-refractivity contribution >= 4 is 23.1 Å². The summed E-state index contributed by atoms with van der Waals surface area (Å²) in [6, 6.07) is 11.4. The number of anilines is 1. The van der Waals surface area contributed by atoms with Gasteiger partial charge in [0.1, 0.15) is 0 Å². The second-order valence-corrected chi connectivity index (χ2v) is 7.54. The molecule has 1 amide bonds. The number of hydrogen-bond acceptors (Lipinski definition) is 6. The monoisotopic (exact) mass is 398 g/mol. The fourth-order valence-corrected chi connectivity index (χ4v) is 4.06. The summed E-state index contributed by atoms with van der Waals surface area (Å²) < 4.78 is 10.5. The van der Waals surface area contributed by atoms with E-state index in [1.807, 2.05) is 11.4 Å². The molecule has 3 aromatic rings. The van der Waals surface area contributed by atoms with E-state index < -0.39 is 0 Å². The van der Waals surface area contributed by atoms with E-state index in [0.717, 1.165) is 35.9 Å². The number of thiophene rings is 1. The van der Waals surface area contributed by atoms with Crippen LogP contribution in [0.1, 0.15) is 16.8 Å². The minimum atomic E-state index is -0.117. The number of rotatable bonds is 6. The van der Waals surface area contributed by atoms with Gasteiger partial charge in [-0.3, -0.25) is 9.89 Å². The van der Waals surface area contributed by atoms with Crippen LogP contribution in [0.5, 0.6) is 11.5 Å². The molecule has 2 N–H and O–H groups in total. The third-order valence-electron chi connectivity index (χ3n) is 4.84. The van der Waals surface area contributed by atoms with Gasteiger partial charge in [0.15, 0.2) is 17.3 Å². The minimum absolute atomic E-state index is 0.0717. The first-order valence-corrected chi connectivity index (χ1v) is 9.93. The molecule has 0 spiro atoms. The fraction of sp³-hybridized carbons (Fsp3) is 0.300. The van der Waals surface area contributed by atoms with E-state index in [4.69, 9.17) is 9.47 Å². The lowest BCUT2D eigenvalue weighted by Crippen LogP contribution is -2.37. The molecule has 2 aromatic heterocycles. The van der Waals surface area contributed by atoms with Crippen LogP contribution in [0.25, 0.3) is 10.6 Å². The predicted octanol–water partition coefficient (Wildman–Crippen LogP) is 3.16. The lowest BCUT2D eigenvalue weighted by molar-refractivity contribution is 0.0940. The number of benzene rings is 1. The smallest absolute Gasteiger partial charge is 0.251 e. The summed E-state index contributed by atoms with van der Waals surface area (Å²) in [5.74, 6) is 1.94. The van der Waals surface area contributed by atoms with Crippen molar-refractivity contribution in [3.63, 3.8) is 0 Å². The zero-order valence-electron chi connectivity index (χ0n) is 15.8. The number of nitrogens with zero attached hydrogens (tertiary/aromatic N) is 2. The molecule has 3 heterocycles. The van der Waals surface area contributed by atoms with Crippen LogP contribution in [0.2, 0.25) is 0 Å². The molecule has 1 aliphatic rings. The summed E-state index contributed by atoms with van der Waals surface area (Å²) in [6.07, 6.45) is 0.875. The topological polar surface area (TPSA) is 79.5 Å². The van der Waals surface area contributed by atoms with Crippen LogP contribution in [-0.2, 0) is 0 Å². The molecule has 1 atom stereocenters. The quantitative estimate of drug-likeness (QED) is 0.667. The van der Waals surface area contributed by atoms with Crippen molar-refractivity contribution in [2.45, 2.75) is 12.5 Å². The SMILES string of the molecule is COc1ccc(C(=O)NC2CCN(c3cc(-c4cccs4)[nH]n3)C2)cc1OC. The summed E-state index contributed by atoms with van der Waals surface area (Å²) in [4.78, 5) is 16.0. The molecule has 146 valence electrons. The first-order valence-electron chi connectivity index (χ1n) is 9.05. The molecule has 1 saturated heterocycles. The van der Waals surface area contributed by atoms with Gasteiger partial charge in [0.05, 0.1) is 24.8 Å². The molecule has 28 heavy (non-hydrogen) atoms. The third kappa shape index (κ3) is 3.68. The van der Waals surface area contributed by atoms with E-state index in [2.05, 4.69) is 32.5 Å². The van der Waals surface area contributed by atoms with Crippen LogP contribution >= 0.6 is 11.3 Å². The highest BCUT2D eigenvalue weighted by atomic mass is 32.1. The Labute approximate surface area is 167 Å². The van der Waals surface area contributed by atoms with Gasteiger partial charge >= 0.3 is 0 Å². The van der Waals surface area contributed by atoms with E-state index in [9.17, 15) is 4.79 Å². The van der Waals surface area contributed by atoms with Crippen LogP contribution in [0, 0.1) is 0 Å². The molecule has 7 nitrogen and oxygen atoms in total. The summed E-state index contributed by atoms with van der Waals surface area (Å²) in [5, 5.41) is 12.7. The van der Waals surface area contributed by atoms with Crippen molar-refractivity contribution in [2.75, 3.05) is 32.2 Å². The number of methoxy groups -OCH3 is 2. The number of aromatic nitrogens is 2. The van der Waals surface area contributed by atoms with Gasteiger partial charge in [-0.1, -0.05) is 6.07 Å². The first-order chi connectivity index (χ1) is 13.7. The summed E-state index contributed by atoms with van der Waals surface area (Å²) in [7, 11) is 3.13. The second-order valence-electron chi connectivity index (χ2n) is 6.59. The average molecular weight is 398 g/mol. The lowest BCUT2D eigenvalue weighted by Gasteiger charge is -2.16. The van der Waals surface area contributed by atoms with Crippen LogP contribution in [0.15, 0.2) is 41.8 Å². The largest absolute Gasteiger partial charge is 0.493 e. The molecule has 0 aliphatic carbocycles. The maximum absolute atomic E-state index is 12.6. The Hall–Kier alpha value is -3.00. The predicted molar refractivity (Wildman–Crippen MR) is 110 cm³/mol. The number of aromatic amines is 1. The minimum Gasteiger partial charge on any atom is -0.493 e. The highest BCUT2D eigenvalue weighted by Crippen LogP contribution is 2.29. The molecule has 1 aromatic carbocycles. The molecule has 0 radical (unpaired) electrons. The van der Waals surface area contributed by atoms with Gasteiger partial charge in [-0.25, -0.2) is 0 Å². The van der Waals surface area contributed by atoms with Gasteiger partial charge in [-0.2, -0.15) is 5.10 Å². The number of H-pyrrole nitrogens is 1. The van der Waals surface area contributed by atoms with E-state index in [1.165, 1.54) is 0 Å². The van der Waals surface area contributed by atoms with Crippen LogP contribution in [-0.4, -0.2) is 49.5 Å². The number of ether oxygens (including phenoxy) is 2. The number of nitrogens with one attached hydrogen (secondary N) is 2. The van der Waals surface area contributed by atoms with E-state index >= 15 is 0 Å². The van der Waals surface area contributed by atoms with E-state index in [-0.39, 0.29) is 11.9 Å². The van der Waals surface area contributed by atoms with Crippen LogP contribution < -0.4 is 19.7 Å². The Morgan fingerprint density at radius 3 is 2.86 bits per heavy atom. The van der Waals surface area contributed by atoms with Gasteiger partial charge in [0.25, 0.3) is 5.91 Å². The fourth-order valence-electron chi connectivity index (χ4n) is 3.36. The van der Waals surface area contributed by atoms with Gasteiger partial charge in [-0.05, 0) is 36.1 Å². The summed E-state index contributed by atoms with van der Waals surface area (Å²) >= 11 is 1.68. The van der Waals surface area contributed by atoms with Gasteiger partial charge in [0.2, 0.25) is 0 Å². The molecule has 1 fully saturated rings. The number of amides is 1. The Morgan fingerprint density at radius 2 is 2.11 bits per heavy atom. The maximum Gasteiger partial charge on any atom is 0.251 e. The molecule has 1 unspecified atom stereocenters. The highest BCUT2D eigenvalue weighted by Gasteiger charge is 2.26. The molecule has 1 aliphatic heterocycles. The van der Waals surface area contributed by atoms with Crippen molar-refractivity contribution in [1.29, 1.82) is 0 Å². The zero-order valence-corrected chi connectivity index (χ0v) is 16.6.